The lowest BCUT2D eigenvalue weighted by atomic mass is 10.1. The van der Waals surface area contributed by atoms with Gasteiger partial charge in [0.1, 0.15) is 12.5 Å². The Bertz CT molecular complexity index is 470. The molecule has 0 aromatic carbocycles. The third kappa shape index (κ3) is 2.01. The zero-order valence-electron chi connectivity index (χ0n) is 9.48. The molecule has 0 unspecified atom stereocenters. The number of rotatable bonds is 6. The molecule has 2 aromatic heterocycles. The van der Waals surface area contributed by atoms with E-state index in [1.54, 1.807) is 6.26 Å². The molecule has 16 heavy (non-hydrogen) atoms. The first-order chi connectivity index (χ1) is 7.86. The first-order valence-electron chi connectivity index (χ1n) is 5.73. The zero-order chi connectivity index (χ0) is 11.4. The van der Waals surface area contributed by atoms with Gasteiger partial charge in [0.15, 0.2) is 0 Å². The quantitative estimate of drug-likeness (QED) is 0.554. The molecule has 2 aromatic rings. The number of aldehydes is 1. The Labute approximate surface area is 94.3 Å². The van der Waals surface area contributed by atoms with Crippen LogP contribution in [0.4, 0.5) is 0 Å². The van der Waals surface area contributed by atoms with Crippen molar-refractivity contribution < 1.29 is 9.21 Å². The van der Waals surface area contributed by atoms with Crippen molar-refractivity contribution in [3.05, 3.63) is 23.8 Å². The minimum absolute atomic E-state index is 0.405. The zero-order valence-corrected chi connectivity index (χ0v) is 9.48. The Morgan fingerprint density at radius 3 is 3.12 bits per heavy atom. The minimum Gasteiger partial charge on any atom is -0.432 e. The van der Waals surface area contributed by atoms with Crippen LogP contribution in [0, 0.1) is 0 Å². The summed E-state index contributed by atoms with van der Waals surface area (Å²) in [4.78, 5) is 15.0. The Balaban J connectivity index is 2.24. The number of carbonyl (C=O) groups excluding carboxylic acids is 1. The van der Waals surface area contributed by atoms with Crippen molar-refractivity contribution in [1.82, 2.24) is 9.38 Å². The topological polar surface area (TPSA) is 47.5 Å². The standard InChI is InChI=1S/C12H16N2O2/c1-2-3-4-5-10-11(6-8-15)14-7-9-16-12(14)13-10/h7-9H,2-6H2,1H3. The monoisotopic (exact) mass is 220 g/mol. The maximum atomic E-state index is 10.6. The third-order valence-electron chi connectivity index (χ3n) is 2.74. The molecular formula is C12H16N2O2. The highest BCUT2D eigenvalue weighted by Crippen LogP contribution is 2.16. The fourth-order valence-electron chi connectivity index (χ4n) is 1.92. The number of imidazole rings is 1. The van der Waals surface area contributed by atoms with E-state index >= 15 is 0 Å². The molecule has 0 atom stereocenters. The van der Waals surface area contributed by atoms with Gasteiger partial charge in [0.25, 0.3) is 0 Å². The van der Waals surface area contributed by atoms with Gasteiger partial charge in [0, 0.05) is 12.6 Å². The smallest absolute Gasteiger partial charge is 0.306 e. The van der Waals surface area contributed by atoms with Crippen LogP contribution < -0.4 is 0 Å². The van der Waals surface area contributed by atoms with Crippen molar-refractivity contribution in [1.29, 1.82) is 0 Å². The number of aromatic nitrogens is 2. The summed E-state index contributed by atoms with van der Waals surface area (Å²) in [6.07, 6.45) is 9.14. The maximum Gasteiger partial charge on any atom is 0.306 e. The molecular weight excluding hydrogens is 204 g/mol. The molecule has 0 saturated carbocycles. The van der Waals surface area contributed by atoms with Gasteiger partial charge in [-0.3, -0.25) is 4.40 Å². The van der Waals surface area contributed by atoms with Crippen LogP contribution in [0.2, 0.25) is 0 Å². The van der Waals surface area contributed by atoms with Gasteiger partial charge in [-0.2, -0.15) is 4.98 Å². The molecule has 0 saturated heterocycles. The predicted molar refractivity (Wildman–Crippen MR) is 60.5 cm³/mol. The van der Waals surface area contributed by atoms with Crippen LogP contribution in [0.1, 0.15) is 37.6 Å². The van der Waals surface area contributed by atoms with Crippen molar-refractivity contribution >= 4 is 12.1 Å². The Morgan fingerprint density at radius 1 is 1.50 bits per heavy atom. The van der Waals surface area contributed by atoms with Crippen LogP contribution in [-0.2, 0) is 17.6 Å². The Kier molecular flexibility index (Phi) is 3.39. The van der Waals surface area contributed by atoms with Crippen LogP contribution in [0.15, 0.2) is 16.9 Å². The van der Waals surface area contributed by atoms with E-state index in [-0.39, 0.29) is 0 Å². The predicted octanol–water partition coefficient (Wildman–Crippen LogP) is 2.40. The third-order valence-corrected chi connectivity index (χ3v) is 2.74. The van der Waals surface area contributed by atoms with Crippen molar-refractivity contribution in [3.63, 3.8) is 0 Å². The number of unbranched alkanes of at least 4 members (excludes halogenated alkanes) is 2. The van der Waals surface area contributed by atoms with E-state index in [1.807, 2.05) is 10.6 Å². The van der Waals surface area contributed by atoms with Crippen LogP contribution >= 0.6 is 0 Å². The average molecular weight is 220 g/mol. The summed E-state index contributed by atoms with van der Waals surface area (Å²) in [5.41, 5.74) is 1.97. The Morgan fingerprint density at radius 2 is 2.38 bits per heavy atom. The molecule has 0 spiro atoms. The molecule has 2 heterocycles. The fraction of sp³-hybridized carbons (Fsp3) is 0.500. The number of fused-ring (bicyclic) bond motifs is 1. The lowest BCUT2D eigenvalue weighted by Gasteiger charge is -1.99. The van der Waals surface area contributed by atoms with E-state index in [9.17, 15) is 4.79 Å². The second-order valence-electron chi connectivity index (χ2n) is 3.89. The summed E-state index contributed by atoms with van der Waals surface area (Å²) >= 11 is 0. The van der Waals surface area contributed by atoms with Gasteiger partial charge < -0.3 is 9.21 Å². The fourth-order valence-corrected chi connectivity index (χ4v) is 1.92. The van der Waals surface area contributed by atoms with Crippen LogP contribution in [0.25, 0.3) is 5.84 Å². The van der Waals surface area contributed by atoms with E-state index in [0.29, 0.717) is 12.3 Å². The Hall–Kier alpha value is -1.58. The molecule has 86 valence electrons. The molecule has 0 radical (unpaired) electrons. The van der Waals surface area contributed by atoms with Crippen LogP contribution in [0.5, 0.6) is 0 Å². The summed E-state index contributed by atoms with van der Waals surface area (Å²) in [5.74, 6) is 0.586. The molecule has 4 heteroatoms. The number of aryl methyl sites for hydroxylation is 1. The molecule has 0 aliphatic rings. The van der Waals surface area contributed by atoms with E-state index < -0.39 is 0 Å². The second kappa shape index (κ2) is 4.96. The van der Waals surface area contributed by atoms with Gasteiger partial charge in [-0.05, 0) is 12.8 Å². The normalized spacial score (nSPS) is 11.1. The number of carbonyl (C=O) groups is 1. The average Bonchev–Trinajstić information content (AvgIpc) is 2.83. The molecule has 0 aliphatic carbocycles. The summed E-state index contributed by atoms with van der Waals surface area (Å²) in [6.45, 7) is 2.17. The number of hydrogen-bond donors (Lipinski definition) is 0. The first-order valence-corrected chi connectivity index (χ1v) is 5.73. The molecule has 4 nitrogen and oxygen atoms in total. The van der Waals surface area contributed by atoms with Crippen molar-refractivity contribution in [2.75, 3.05) is 0 Å². The molecule has 0 aliphatic heterocycles. The van der Waals surface area contributed by atoms with E-state index in [2.05, 4.69) is 11.9 Å². The molecule has 0 N–H and O–H groups in total. The largest absolute Gasteiger partial charge is 0.432 e. The molecule has 0 bridgehead atoms. The lowest BCUT2D eigenvalue weighted by Crippen LogP contribution is -1.97. The van der Waals surface area contributed by atoms with E-state index in [4.69, 9.17) is 4.42 Å². The highest BCUT2D eigenvalue weighted by molar-refractivity contribution is 5.55. The van der Waals surface area contributed by atoms with E-state index in [1.165, 1.54) is 12.8 Å². The van der Waals surface area contributed by atoms with Gasteiger partial charge in [0.2, 0.25) is 0 Å². The van der Waals surface area contributed by atoms with Crippen molar-refractivity contribution in [2.24, 2.45) is 0 Å². The number of nitrogens with zero attached hydrogens (tertiary/aromatic N) is 2. The SMILES string of the molecule is CCCCCc1nc2occn2c1CC=O. The first kappa shape index (κ1) is 10.9. The summed E-state index contributed by atoms with van der Waals surface area (Å²) in [5, 5.41) is 0. The van der Waals surface area contributed by atoms with Gasteiger partial charge >= 0.3 is 5.84 Å². The summed E-state index contributed by atoms with van der Waals surface area (Å²) < 4.78 is 7.08. The van der Waals surface area contributed by atoms with Gasteiger partial charge in [0.05, 0.1) is 11.4 Å². The van der Waals surface area contributed by atoms with E-state index in [0.717, 1.165) is 30.5 Å². The highest BCUT2D eigenvalue weighted by atomic mass is 16.3. The van der Waals surface area contributed by atoms with Gasteiger partial charge in [-0.15, -0.1) is 0 Å². The maximum absolute atomic E-state index is 10.6. The number of oxazole rings is 1. The minimum atomic E-state index is 0.405. The lowest BCUT2D eigenvalue weighted by molar-refractivity contribution is -0.107. The molecule has 0 fully saturated rings. The molecule has 2 rings (SSSR count). The van der Waals surface area contributed by atoms with Crippen LogP contribution in [0.3, 0.4) is 0 Å². The van der Waals surface area contributed by atoms with Gasteiger partial charge in [-0.25, -0.2) is 0 Å². The van der Waals surface area contributed by atoms with Crippen LogP contribution in [-0.4, -0.2) is 15.7 Å². The number of hydrogen-bond acceptors (Lipinski definition) is 3. The van der Waals surface area contributed by atoms with Crippen molar-refractivity contribution in [2.45, 2.75) is 39.0 Å². The summed E-state index contributed by atoms with van der Waals surface area (Å²) in [6, 6.07) is 0. The second-order valence-corrected chi connectivity index (χ2v) is 3.89. The molecule has 0 amide bonds. The van der Waals surface area contributed by atoms with Crippen molar-refractivity contribution in [3.8, 4) is 0 Å². The summed E-state index contributed by atoms with van der Waals surface area (Å²) in [7, 11) is 0. The highest BCUT2D eigenvalue weighted by Gasteiger charge is 2.12. The van der Waals surface area contributed by atoms with Gasteiger partial charge in [-0.1, -0.05) is 19.8 Å².